The quantitative estimate of drug-likeness (QED) is 0.457. The van der Waals surface area contributed by atoms with E-state index < -0.39 is 0 Å². The first-order valence-electron chi connectivity index (χ1n) is 8.72. The molecule has 2 aliphatic rings. The van der Waals surface area contributed by atoms with Crippen molar-refractivity contribution in [1.82, 2.24) is 15.2 Å². The Morgan fingerprint density at radius 2 is 2.22 bits per heavy atom. The minimum absolute atomic E-state index is 0.0391. The number of ether oxygens (including phenoxy) is 1. The molecule has 1 aromatic heterocycles. The van der Waals surface area contributed by atoms with E-state index in [0.717, 1.165) is 40.5 Å². The molecule has 0 atom stereocenters. The zero-order valence-corrected chi connectivity index (χ0v) is 16.5. The third-order valence-corrected chi connectivity index (χ3v) is 5.74. The summed E-state index contributed by atoms with van der Waals surface area (Å²) in [5, 5.41) is 4.52. The number of carbonyl (C=O) groups is 1. The molecule has 1 N–H and O–H groups in total. The lowest BCUT2D eigenvalue weighted by Crippen LogP contribution is -2.32. The highest BCUT2D eigenvalue weighted by Gasteiger charge is 2.41. The number of hydrogen-bond donors (Lipinski definition) is 1. The van der Waals surface area contributed by atoms with Crippen LogP contribution in [0.15, 0.2) is 53.3 Å². The van der Waals surface area contributed by atoms with Crippen LogP contribution >= 0.6 is 24.0 Å². The first-order valence-corrected chi connectivity index (χ1v) is 10.1. The van der Waals surface area contributed by atoms with Crippen molar-refractivity contribution in [3.05, 3.63) is 59.4 Å². The summed E-state index contributed by atoms with van der Waals surface area (Å²) >= 11 is 6.96. The number of thioether (sulfide) groups is 1. The van der Waals surface area contributed by atoms with Crippen LogP contribution in [0, 0.1) is 0 Å². The van der Waals surface area contributed by atoms with E-state index in [-0.39, 0.29) is 11.9 Å². The van der Waals surface area contributed by atoms with Gasteiger partial charge in [0.1, 0.15) is 11.4 Å². The number of amides is 1. The maximum Gasteiger partial charge on any atom is 0.276 e. The molecule has 1 saturated heterocycles. The van der Waals surface area contributed by atoms with Crippen LogP contribution in [0.5, 0.6) is 5.75 Å². The summed E-state index contributed by atoms with van der Waals surface area (Å²) in [5.74, 6) is 1.51. The highest BCUT2D eigenvalue weighted by Crippen LogP contribution is 2.32. The fourth-order valence-electron chi connectivity index (χ4n) is 2.97. The summed E-state index contributed by atoms with van der Waals surface area (Å²) in [4.78, 5) is 18.6. The predicted molar refractivity (Wildman–Crippen MR) is 110 cm³/mol. The van der Waals surface area contributed by atoms with Crippen molar-refractivity contribution >= 4 is 41.1 Å². The summed E-state index contributed by atoms with van der Waals surface area (Å²) in [6, 6.07) is 12.0. The van der Waals surface area contributed by atoms with Gasteiger partial charge >= 0.3 is 0 Å². The van der Waals surface area contributed by atoms with Gasteiger partial charge in [0, 0.05) is 23.6 Å². The van der Waals surface area contributed by atoms with Crippen molar-refractivity contribution in [1.29, 1.82) is 0 Å². The Kier molecular flexibility index (Phi) is 5.13. The monoisotopic (exact) mass is 397 g/mol. The fourth-order valence-corrected chi connectivity index (χ4v) is 4.15. The van der Waals surface area contributed by atoms with Crippen molar-refractivity contribution in [3.8, 4) is 5.75 Å². The van der Waals surface area contributed by atoms with Gasteiger partial charge in [-0.2, -0.15) is 0 Å². The summed E-state index contributed by atoms with van der Waals surface area (Å²) in [6.45, 7) is 0. The van der Waals surface area contributed by atoms with Gasteiger partial charge in [0.15, 0.2) is 5.11 Å². The number of carbonyl (C=O) groups excluding carboxylic acids is 1. The molecule has 0 unspecified atom stereocenters. The summed E-state index contributed by atoms with van der Waals surface area (Å²) in [6.07, 6.45) is 5.69. The summed E-state index contributed by atoms with van der Waals surface area (Å²) < 4.78 is 5.49. The van der Waals surface area contributed by atoms with Gasteiger partial charge < -0.3 is 10.1 Å². The highest BCUT2D eigenvalue weighted by molar-refractivity contribution is 7.98. The van der Waals surface area contributed by atoms with E-state index in [0.29, 0.717) is 10.8 Å². The Labute approximate surface area is 167 Å². The van der Waals surface area contributed by atoms with E-state index in [2.05, 4.69) is 10.3 Å². The first-order chi connectivity index (χ1) is 13.2. The fraction of sp³-hybridized carbons (Fsp3) is 0.250. The number of hydrogen-bond acceptors (Lipinski definition) is 5. The Morgan fingerprint density at radius 3 is 2.93 bits per heavy atom. The van der Waals surface area contributed by atoms with Crippen LogP contribution in [0.2, 0.25) is 0 Å². The number of nitrogens with one attached hydrogen (secondary N) is 1. The second-order valence-electron chi connectivity index (χ2n) is 6.42. The average molecular weight is 398 g/mol. The van der Waals surface area contributed by atoms with Crippen LogP contribution in [0.4, 0.5) is 0 Å². The molecule has 0 bridgehead atoms. The molecule has 7 heteroatoms. The summed E-state index contributed by atoms with van der Waals surface area (Å²) in [7, 11) is 1.66. The Balaban J connectivity index is 1.55. The minimum Gasteiger partial charge on any atom is -0.496 e. The standard InChI is InChI=1S/C20H19N3O2S2/c1-25-17-8-5-13(10-14(17)12-27-18-4-2-3-9-21-18)11-16-19(24)23(15-6-7-15)20(26)22-16/h2-5,8-11,15H,6-7,12H2,1H3,(H,22,26)/b16-11+. The van der Waals surface area contributed by atoms with Crippen LogP contribution in [0.1, 0.15) is 24.0 Å². The molecule has 27 heavy (non-hydrogen) atoms. The Morgan fingerprint density at radius 1 is 1.37 bits per heavy atom. The molecule has 1 aliphatic heterocycles. The topological polar surface area (TPSA) is 54.5 Å². The molecule has 1 saturated carbocycles. The molecule has 2 fully saturated rings. The number of methoxy groups -OCH3 is 1. The Hall–Kier alpha value is -2.38. The first kappa shape index (κ1) is 18.0. The number of aromatic nitrogens is 1. The third kappa shape index (κ3) is 3.99. The zero-order valence-electron chi connectivity index (χ0n) is 14.8. The van der Waals surface area contributed by atoms with Gasteiger partial charge in [-0.3, -0.25) is 9.69 Å². The van der Waals surface area contributed by atoms with Gasteiger partial charge in [-0.25, -0.2) is 4.98 Å². The van der Waals surface area contributed by atoms with Crippen LogP contribution in [0.3, 0.4) is 0 Å². The van der Waals surface area contributed by atoms with Gasteiger partial charge in [0.25, 0.3) is 5.91 Å². The largest absolute Gasteiger partial charge is 0.496 e. The van der Waals surface area contributed by atoms with E-state index in [1.807, 2.05) is 42.5 Å². The number of pyridine rings is 1. The molecule has 2 heterocycles. The molecule has 1 aliphatic carbocycles. The molecule has 0 spiro atoms. The zero-order chi connectivity index (χ0) is 18.8. The van der Waals surface area contributed by atoms with E-state index in [9.17, 15) is 4.79 Å². The van der Waals surface area contributed by atoms with Crippen molar-refractivity contribution in [2.45, 2.75) is 29.7 Å². The molecule has 2 aromatic rings. The van der Waals surface area contributed by atoms with Gasteiger partial charge in [-0.15, -0.1) is 11.8 Å². The SMILES string of the molecule is COc1ccc(/C=C2/NC(=S)N(C3CC3)C2=O)cc1CSc1ccccn1. The number of benzene rings is 1. The van der Waals surface area contributed by atoms with Gasteiger partial charge in [-0.05, 0) is 61.0 Å². The molecule has 1 amide bonds. The molecule has 5 nitrogen and oxygen atoms in total. The van der Waals surface area contributed by atoms with Crippen molar-refractivity contribution in [2.24, 2.45) is 0 Å². The van der Waals surface area contributed by atoms with Crippen LogP contribution in [-0.2, 0) is 10.5 Å². The van der Waals surface area contributed by atoms with Crippen molar-refractivity contribution in [3.63, 3.8) is 0 Å². The molecule has 1 aromatic carbocycles. The number of nitrogens with zero attached hydrogens (tertiary/aromatic N) is 2. The van der Waals surface area contributed by atoms with E-state index in [1.54, 1.807) is 30.0 Å². The smallest absolute Gasteiger partial charge is 0.276 e. The molecular formula is C20H19N3O2S2. The second kappa shape index (κ2) is 7.70. The van der Waals surface area contributed by atoms with Gasteiger partial charge in [-0.1, -0.05) is 12.1 Å². The molecule has 0 radical (unpaired) electrons. The minimum atomic E-state index is -0.0391. The second-order valence-corrected chi connectivity index (χ2v) is 7.80. The van der Waals surface area contributed by atoms with Crippen molar-refractivity contribution in [2.75, 3.05) is 7.11 Å². The van der Waals surface area contributed by atoms with Crippen LogP contribution in [-0.4, -0.2) is 34.1 Å². The number of thiocarbonyl (C=S) groups is 1. The molecular weight excluding hydrogens is 378 g/mol. The lowest BCUT2D eigenvalue weighted by Gasteiger charge is -2.11. The van der Waals surface area contributed by atoms with E-state index >= 15 is 0 Å². The lowest BCUT2D eigenvalue weighted by atomic mass is 10.1. The maximum atomic E-state index is 12.6. The average Bonchev–Trinajstić information content (AvgIpc) is 3.47. The maximum absolute atomic E-state index is 12.6. The summed E-state index contributed by atoms with van der Waals surface area (Å²) in [5.41, 5.74) is 2.51. The number of rotatable bonds is 6. The third-order valence-electron chi connectivity index (χ3n) is 4.45. The van der Waals surface area contributed by atoms with Crippen molar-refractivity contribution < 1.29 is 9.53 Å². The lowest BCUT2D eigenvalue weighted by molar-refractivity contribution is -0.122. The van der Waals surface area contributed by atoms with Crippen LogP contribution < -0.4 is 10.1 Å². The molecule has 4 rings (SSSR count). The van der Waals surface area contributed by atoms with E-state index in [1.165, 1.54) is 0 Å². The normalized spacial score (nSPS) is 18.1. The predicted octanol–water partition coefficient (Wildman–Crippen LogP) is 3.60. The van der Waals surface area contributed by atoms with E-state index in [4.69, 9.17) is 17.0 Å². The highest BCUT2D eigenvalue weighted by atomic mass is 32.2. The van der Waals surface area contributed by atoms with Gasteiger partial charge in [0.05, 0.1) is 12.1 Å². The van der Waals surface area contributed by atoms with Crippen LogP contribution in [0.25, 0.3) is 6.08 Å². The van der Waals surface area contributed by atoms with Gasteiger partial charge in [0.2, 0.25) is 0 Å². The molecule has 138 valence electrons. The Bertz CT molecular complexity index is 911.